The first-order chi connectivity index (χ1) is 12.5. The highest BCUT2D eigenvalue weighted by Gasteiger charge is 2.28. The van der Waals surface area contributed by atoms with E-state index in [0.29, 0.717) is 37.4 Å². The Morgan fingerprint density at radius 1 is 1.27 bits per heavy atom. The summed E-state index contributed by atoms with van der Waals surface area (Å²) in [5.41, 5.74) is 0.428. The molecule has 1 aliphatic rings. The van der Waals surface area contributed by atoms with E-state index in [4.69, 9.17) is 0 Å². The number of likely N-dealkylation sites (tertiary alicyclic amines) is 1. The first-order valence-electron chi connectivity index (χ1n) is 8.40. The maximum atomic E-state index is 13.8. The molecule has 2 aromatic heterocycles. The van der Waals surface area contributed by atoms with E-state index >= 15 is 0 Å². The lowest BCUT2D eigenvalue weighted by Gasteiger charge is -2.32. The van der Waals surface area contributed by atoms with Gasteiger partial charge in [-0.2, -0.15) is 0 Å². The van der Waals surface area contributed by atoms with E-state index in [1.54, 1.807) is 28.6 Å². The number of aromatic nitrogens is 5. The summed E-state index contributed by atoms with van der Waals surface area (Å²) < 4.78 is 15.5. The Morgan fingerprint density at radius 2 is 2.00 bits per heavy atom. The van der Waals surface area contributed by atoms with Crippen molar-refractivity contribution in [3.05, 3.63) is 51.8 Å². The van der Waals surface area contributed by atoms with E-state index in [1.807, 2.05) is 0 Å². The SMILES string of the molecule is Cc1nc2c(nnn2C2CCN(C(=O)c3ccccc3F)CC2)c(=O)[nH]1. The molecule has 0 unspecified atom stereocenters. The van der Waals surface area contributed by atoms with Gasteiger partial charge in [0.1, 0.15) is 11.6 Å². The predicted octanol–water partition coefficient (Wildman–Crippen LogP) is 1.44. The van der Waals surface area contributed by atoms with E-state index in [9.17, 15) is 14.0 Å². The number of halogens is 1. The fourth-order valence-corrected chi connectivity index (χ4v) is 3.31. The Hall–Kier alpha value is -3.10. The third-order valence-corrected chi connectivity index (χ3v) is 4.65. The number of H-pyrrole nitrogens is 1. The van der Waals surface area contributed by atoms with Gasteiger partial charge in [0.05, 0.1) is 11.6 Å². The van der Waals surface area contributed by atoms with Crippen LogP contribution >= 0.6 is 0 Å². The van der Waals surface area contributed by atoms with E-state index < -0.39 is 5.82 Å². The third-order valence-electron chi connectivity index (χ3n) is 4.65. The highest BCUT2D eigenvalue weighted by atomic mass is 19.1. The predicted molar refractivity (Wildman–Crippen MR) is 91.3 cm³/mol. The average Bonchev–Trinajstić information content (AvgIpc) is 3.06. The summed E-state index contributed by atoms with van der Waals surface area (Å²) in [5.74, 6) is -0.325. The van der Waals surface area contributed by atoms with Gasteiger partial charge >= 0.3 is 0 Å². The number of hydrogen-bond acceptors (Lipinski definition) is 5. The van der Waals surface area contributed by atoms with Crippen molar-refractivity contribution in [2.24, 2.45) is 0 Å². The van der Waals surface area contributed by atoms with Gasteiger partial charge < -0.3 is 9.88 Å². The minimum atomic E-state index is -0.513. The number of nitrogens with one attached hydrogen (secondary N) is 1. The summed E-state index contributed by atoms with van der Waals surface area (Å²) in [6.45, 7) is 2.65. The van der Waals surface area contributed by atoms with E-state index in [2.05, 4.69) is 20.3 Å². The number of rotatable bonds is 2. The molecule has 134 valence electrons. The average molecular weight is 356 g/mol. The van der Waals surface area contributed by atoms with E-state index in [0.717, 1.165) is 0 Å². The van der Waals surface area contributed by atoms with Gasteiger partial charge in [-0.05, 0) is 31.9 Å². The van der Waals surface area contributed by atoms with Crippen molar-refractivity contribution in [3.63, 3.8) is 0 Å². The topological polar surface area (TPSA) is 96.8 Å². The second kappa shape index (κ2) is 6.32. The lowest BCUT2D eigenvalue weighted by atomic mass is 10.0. The highest BCUT2D eigenvalue weighted by Crippen LogP contribution is 2.25. The summed E-state index contributed by atoms with van der Waals surface area (Å²) in [4.78, 5) is 33.0. The van der Waals surface area contributed by atoms with Crippen LogP contribution in [-0.2, 0) is 0 Å². The van der Waals surface area contributed by atoms with Crippen LogP contribution in [0.25, 0.3) is 11.2 Å². The van der Waals surface area contributed by atoms with Gasteiger partial charge in [-0.25, -0.2) is 14.1 Å². The largest absolute Gasteiger partial charge is 0.338 e. The first-order valence-corrected chi connectivity index (χ1v) is 8.40. The Kier molecular flexibility index (Phi) is 3.98. The van der Waals surface area contributed by atoms with Crippen LogP contribution in [0, 0.1) is 12.7 Å². The Labute approximate surface area is 147 Å². The lowest BCUT2D eigenvalue weighted by Crippen LogP contribution is -2.39. The maximum Gasteiger partial charge on any atom is 0.281 e. The number of hydrogen-bond donors (Lipinski definition) is 1. The van der Waals surface area contributed by atoms with Crippen LogP contribution in [0.2, 0.25) is 0 Å². The van der Waals surface area contributed by atoms with Crippen molar-refractivity contribution in [3.8, 4) is 0 Å². The van der Waals surface area contributed by atoms with Crippen LogP contribution in [0.3, 0.4) is 0 Å². The fraction of sp³-hybridized carbons (Fsp3) is 0.353. The second-order valence-electron chi connectivity index (χ2n) is 6.36. The summed E-state index contributed by atoms with van der Waals surface area (Å²) in [7, 11) is 0. The molecule has 0 bridgehead atoms. The van der Waals surface area contributed by atoms with Gasteiger partial charge in [-0.15, -0.1) is 5.10 Å². The highest BCUT2D eigenvalue weighted by molar-refractivity contribution is 5.94. The Balaban J connectivity index is 1.53. The molecule has 1 saturated heterocycles. The van der Waals surface area contributed by atoms with Crippen LogP contribution in [0.1, 0.15) is 35.1 Å². The van der Waals surface area contributed by atoms with Gasteiger partial charge in [-0.3, -0.25) is 9.59 Å². The van der Waals surface area contributed by atoms with Gasteiger partial charge in [0, 0.05) is 13.1 Å². The molecule has 0 saturated carbocycles. The van der Waals surface area contributed by atoms with Gasteiger partial charge in [0.25, 0.3) is 11.5 Å². The van der Waals surface area contributed by atoms with Crippen molar-refractivity contribution >= 4 is 17.1 Å². The number of carbonyl (C=O) groups excluding carboxylic acids is 1. The maximum absolute atomic E-state index is 13.8. The minimum absolute atomic E-state index is 0.0154. The quantitative estimate of drug-likeness (QED) is 0.749. The number of aromatic amines is 1. The van der Waals surface area contributed by atoms with Crippen molar-refractivity contribution in [2.45, 2.75) is 25.8 Å². The molecule has 9 heteroatoms. The van der Waals surface area contributed by atoms with Gasteiger partial charge in [0.2, 0.25) is 0 Å². The smallest absolute Gasteiger partial charge is 0.281 e. The molecular formula is C17H17FN6O2. The van der Waals surface area contributed by atoms with Crippen LogP contribution in [0.5, 0.6) is 0 Å². The molecule has 3 heterocycles. The molecule has 0 radical (unpaired) electrons. The zero-order valence-electron chi connectivity index (χ0n) is 14.1. The zero-order valence-corrected chi connectivity index (χ0v) is 14.1. The standard InChI is InChI=1S/C17H17FN6O2/c1-10-19-15-14(16(25)20-10)21-22-24(15)11-6-8-23(9-7-11)17(26)12-4-2-3-5-13(12)18/h2-5,11H,6-9H2,1H3,(H,19,20,25). The normalized spacial score (nSPS) is 15.5. The molecule has 1 fully saturated rings. The van der Waals surface area contributed by atoms with Crippen LogP contribution in [0.15, 0.2) is 29.1 Å². The summed E-state index contributed by atoms with van der Waals surface area (Å²) >= 11 is 0. The summed E-state index contributed by atoms with van der Waals surface area (Å²) in [5, 5.41) is 8.01. The Bertz CT molecular complexity index is 1040. The number of carbonyl (C=O) groups is 1. The molecule has 3 aromatic rings. The molecule has 1 aliphatic heterocycles. The zero-order chi connectivity index (χ0) is 18.3. The van der Waals surface area contributed by atoms with Gasteiger partial charge in [-0.1, -0.05) is 17.3 Å². The lowest BCUT2D eigenvalue weighted by molar-refractivity contribution is 0.0686. The molecule has 4 rings (SSSR count). The summed E-state index contributed by atoms with van der Waals surface area (Å²) in [6.07, 6.45) is 1.26. The van der Waals surface area contributed by atoms with Crippen molar-refractivity contribution in [2.75, 3.05) is 13.1 Å². The monoisotopic (exact) mass is 356 g/mol. The fourth-order valence-electron chi connectivity index (χ4n) is 3.31. The molecule has 1 aromatic carbocycles. The van der Waals surface area contributed by atoms with Crippen molar-refractivity contribution in [1.29, 1.82) is 0 Å². The second-order valence-corrected chi connectivity index (χ2v) is 6.36. The molecule has 8 nitrogen and oxygen atoms in total. The number of fused-ring (bicyclic) bond motifs is 1. The molecule has 1 N–H and O–H groups in total. The van der Waals surface area contributed by atoms with Crippen molar-refractivity contribution < 1.29 is 9.18 Å². The molecule has 0 aliphatic carbocycles. The molecule has 0 spiro atoms. The van der Waals surface area contributed by atoms with Crippen molar-refractivity contribution in [1.82, 2.24) is 29.9 Å². The van der Waals surface area contributed by atoms with Crippen LogP contribution in [0.4, 0.5) is 4.39 Å². The van der Waals surface area contributed by atoms with Crippen LogP contribution < -0.4 is 5.56 Å². The molecule has 26 heavy (non-hydrogen) atoms. The number of benzene rings is 1. The third kappa shape index (κ3) is 2.75. The molecule has 1 amide bonds. The van der Waals surface area contributed by atoms with Crippen LogP contribution in [-0.4, -0.2) is 48.9 Å². The van der Waals surface area contributed by atoms with E-state index in [-0.39, 0.29) is 28.6 Å². The summed E-state index contributed by atoms with van der Waals surface area (Å²) in [6, 6.07) is 5.97. The van der Waals surface area contributed by atoms with E-state index in [1.165, 1.54) is 12.1 Å². The first kappa shape index (κ1) is 16.4. The number of aryl methyl sites for hydroxylation is 1. The minimum Gasteiger partial charge on any atom is -0.338 e. The number of nitrogens with zero attached hydrogens (tertiary/aromatic N) is 5. The number of amides is 1. The Morgan fingerprint density at radius 3 is 2.73 bits per heavy atom. The molecule has 0 atom stereocenters. The number of piperidine rings is 1. The van der Waals surface area contributed by atoms with Gasteiger partial charge in [0.15, 0.2) is 11.2 Å². The molecular weight excluding hydrogens is 339 g/mol.